The summed E-state index contributed by atoms with van der Waals surface area (Å²) in [7, 11) is 1.59. The number of nitrogens with one attached hydrogen (secondary N) is 2. The van der Waals surface area contributed by atoms with Crippen molar-refractivity contribution in [3.8, 4) is 27.6 Å². The number of nitrogen functional groups attached to an aromatic ring is 1. The SMILES string of the molecule is COc1ccc(C(=O)Nc2cccc(-c3csc(-c4csc(C(=N)N)c4)n3)c2)cc1. The van der Waals surface area contributed by atoms with E-state index < -0.39 is 0 Å². The van der Waals surface area contributed by atoms with Crippen LogP contribution < -0.4 is 15.8 Å². The molecule has 4 rings (SSSR count). The van der Waals surface area contributed by atoms with Crippen molar-refractivity contribution in [3.05, 3.63) is 75.8 Å². The molecule has 4 N–H and O–H groups in total. The number of aromatic nitrogens is 1. The molecule has 0 saturated heterocycles. The van der Waals surface area contributed by atoms with E-state index in [9.17, 15) is 4.79 Å². The Labute approximate surface area is 181 Å². The zero-order chi connectivity index (χ0) is 21.1. The minimum Gasteiger partial charge on any atom is -0.497 e. The molecule has 6 nitrogen and oxygen atoms in total. The number of ether oxygens (including phenoxy) is 1. The largest absolute Gasteiger partial charge is 0.497 e. The number of methoxy groups -OCH3 is 1. The van der Waals surface area contributed by atoms with E-state index in [4.69, 9.17) is 20.9 Å². The first-order valence-electron chi connectivity index (χ1n) is 8.98. The molecule has 0 fully saturated rings. The van der Waals surface area contributed by atoms with Crippen molar-refractivity contribution in [1.82, 2.24) is 4.98 Å². The van der Waals surface area contributed by atoms with Crippen LogP contribution in [0.2, 0.25) is 0 Å². The predicted octanol–water partition coefficient (Wildman–Crippen LogP) is 5.08. The van der Waals surface area contributed by atoms with Crippen molar-refractivity contribution in [3.63, 3.8) is 0 Å². The second kappa shape index (κ2) is 8.48. The molecule has 0 unspecified atom stereocenters. The van der Waals surface area contributed by atoms with Crippen LogP contribution >= 0.6 is 22.7 Å². The third-order valence-electron chi connectivity index (χ3n) is 4.38. The van der Waals surface area contributed by atoms with Gasteiger partial charge in [0.2, 0.25) is 0 Å². The third-order valence-corrected chi connectivity index (χ3v) is 6.24. The van der Waals surface area contributed by atoms with Gasteiger partial charge in [-0.15, -0.1) is 22.7 Å². The van der Waals surface area contributed by atoms with Crippen molar-refractivity contribution < 1.29 is 9.53 Å². The summed E-state index contributed by atoms with van der Waals surface area (Å²) >= 11 is 2.96. The van der Waals surface area contributed by atoms with E-state index in [1.165, 1.54) is 22.7 Å². The smallest absolute Gasteiger partial charge is 0.255 e. The van der Waals surface area contributed by atoms with Gasteiger partial charge < -0.3 is 15.8 Å². The molecule has 4 aromatic rings. The zero-order valence-corrected chi connectivity index (χ0v) is 17.6. The Balaban J connectivity index is 1.52. The molecule has 8 heteroatoms. The second-order valence-corrected chi connectivity index (χ2v) is 8.18. The van der Waals surface area contributed by atoms with Crippen LogP contribution in [-0.2, 0) is 0 Å². The Morgan fingerprint density at radius 3 is 2.57 bits per heavy atom. The van der Waals surface area contributed by atoms with Gasteiger partial charge in [-0.05, 0) is 42.5 Å². The molecule has 0 aliphatic carbocycles. The molecule has 2 aromatic heterocycles. The summed E-state index contributed by atoms with van der Waals surface area (Å²) in [4.78, 5) is 18.0. The normalized spacial score (nSPS) is 10.6. The van der Waals surface area contributed by atoms with Crippen molar-refractivity contribution in [2.75, 3.05) is 12.4 Å². The van der Waals surface area contributed by atoms with E-state index in [1.807, 2.05) is 41.1 Å². The van der Waals surface area contributed by atoms with Crippen LogP contribution in [0.3, 0.4) is 0 Å². The van der Waals surface area contributed by atoms with Crippen LogP contribution in [0.1, 0.15) is 15.2 Å². The number of hydrogen-bond acceptors (Lipinski definition) is 6. The van der Waals surface area contributed by atoms with Gasteiger partial charge in [0.15, 0.2) is 0 Å². The van der Waals surface area contributed by atoms with Gasteiger partial charge >= 0.3 is 0 Å². The molecule has 2 heterocycles. The minimum atomic E-state index is -0.191. The average Bonchev–Trinajstić information content (AvgIpc) is 3.44. The first-order chi connectivity index (χ1) is 14.5. The monoisotopic (exact) mass is 434 g/mol. The van der Waals surface area contributed by atoms with Crippen LogP contribution in [-0.4, -0.2) is 23.8 Å². The number of thiophene rings is 1. The minimum absolute atomic E-state index is 0.0586. The summed E-state index contributed by atoms with van der Waals surface area (Å²) in [5, 5.41) is 15.3. The van der Waals surface area contributed by atoms with Crippen LogP contribution in [0.15, 0.2) is 65.4 Å². The number of amidine groups is 1. The quantitative estimate of drug-likeness (QED) is 0.291. The van der Waals surface area contributed by atoms with Crippen LogP contribution in [0.5, 0.6) is 5.75 Å². The number of anilines is 1. The molecule has 0 aliphatic rings. The highest BCUT2D eigenvalue weighted by atomic mass is 32.1. The molecule has 0 saturated carbocycles. The number of nitrogens with two attached hydrogens (primary N) is 1. The van der Waals surface area contributed by atoms with Gasteiger partial charge in [0, 0.05) is 33.1 Å². The van der Waals surface area contributed by atoms with Crippen LogP contribution in [0.25, 0.3) is 21.8 Å². The van der Waals surface area contributed by atoms with Crippen molar-refractivity contribution in [2.45, 2.75) is 0 Å². The lowest BCUT2D eigenvalue weighted by molar-refractivity contribution is 0.102. The second-order valence-electron chi connectivity index (χ2n) is 6.41. The number of benzene rings is 2. The average molecular weight is 435 g/mol. The molecule has 150 valence electrons. The summed E-state index contributed by atoms with van der Waals surface area (Å²) in [5.74, 6) is 0.570. The Hall–Kier alpha value is -3.49. The summed E-state index contributed by atoms with van der Waals surface area (Å²) in [5.41, 5.74) is 9.48. The van der Waals surface area contributed by atoms with Gasteiger partial charge in [-0.25, -0.2) is 4.98 Å². The van der Waals surface area contributed by atoms with E-state index in [1.54, 1.807) is 31.4 Å². The van der Waals surface area contributed by atoms with Gasteiger partial charge in [-0.1, -0.05) is 12.1 Å². The molecule has 1 amide bonds. The summed E-state index contributed by atoms with van der Waals surface area (Å²) in [6, 6.07) is 16.4. The van der Waals surface area contributed by atoms with E-state index in [0.29, 0.717) is 17.0 Å². The van der Waals surface area contributed by atoms with Crippen molar-refractivity contribution in [2.24, 2.45) is 5.73 Å². The number of nitrogens with zero attached hydrogens (tertiary/aromatic N) is 1. The first-order valence-corrected chi connectivity index (χ1v) is 10.7. The highest BCUT2D eigenvalue weighted by molar-refractivity contribution is 7.15. The lowest BCUT2D eigenvalue weighted by Crippen LogP contribution is -2.11. The maximum atomic E-state index is 12.5. The maximum absolute atomic E-state index is 12.5. The maximum Gasteiger partial charge on any atom is 0.255 e. The molecule has 0 aliphatic heterocycles. The predicted molar refractivity (Wildman–Crippen MR) is 123 cm³/mol. The van der Waals surface area contributed by atoms with E-state index >= 15 is 0 Å². The topological polar surface area (TPSA) is 101 Å². The number of thiazole rings is 1. The van der Waals surface area contributed by atoms with E-state index in [0.717, 1.165) is 26.7 Å². The zero-order valence-electron chi connectivity index (χ0n) is 16.0. The van der Waals surface area contributed by atoms with E-state index in [2.05, 4.69) is 5.32 Å². The summed E-state index contributed by atoms with van der Waals surface area (Å²) < 4.78 is 5.13. The number of carbonyl (C=O) groups excluding carboxylic acids is 1. The van der Waals surface area contributed by atoms with Gasteiger partial charge in [0.05, 0.1) is 17.7 Å². The standard InChI is InChI=1S/C22H18N4O2S2/c1-28-17-7-5-13(6-8-17)21(27)25-16-4-2-3-14(9-16)18-12-30-22(26-18)15-10-19(20(23)24)29-11-15/h2-12H,1H3,(H3,23,24)(H,25,27). The highest BCUT2D eigenvalue weighted by Gasteiger charge is 2.11. The Bertz CT molecular complexity index is 1210. The lowest BCUT2D eigenvalue weighted by atomic mass is 10.1. The van der Waals surface area contributed by atoms with Crippen molar-refractivity contribution in [1.29, 1.82) is 5.41 Å². The van der Waals surface area contributed by atoms with Gasteiger partial charge in [-0.3, -0.25) is 10.2 Å². The molecule has 0 spiro atoms. The molecule has 0 radical (unpaired) electrons. The Morgan fingerprint density at radius 2 is 1.87 bits per heavy atom. The number of rotatable bonds is 6. The molecule has 30 heavy (non-hydrogen) atoms. The summed E-state index contributed by atoms with van der Waals surface area (Å²) in [6.45, 7) is 0. The fourth-order valence-corrected chi connectivity index (χ4v) is 4.48. The number of carbonyl (C=O) groups is 1. The lowest BCUT2D eigenvalue weighted by Gasteiger charge is -2.07. The van der Waals surface area contributed by atoms with Crippen molar-refractivity contribution >= 4 is 40.1 Å². The highest BCUT2D eigenvalue weighted by Crippen LogP contribution is 2.32. The number of hydrogen-bond donors (Lipinski definition) is 3. The van der Waals surface area contributed by atoms with Gasteiger partial charge in [0.25, 0.3) is 5.91 Å². The fourth-order valence-electron chi connectivity index (χ4n) is 2.83. The number of amides is 1. The van der Waals surface area contributed by atoms with Crippen LogP contribution in [0.4, 0.5) is 5.69 Å². The van der Waals surface area contributed by atoms with Gasteiger partial charge in [-0.2, -0.15) is 0 Å². The molecule has 0 bridgehead atoms. The van der Waals surface area contributed by atoms with Crippen LogP contribution in [0, 0.1) is 5.41 Å². The molecule has 0 atom stereocenters. The fraction of sp³-hybridized carbons (Fsp3) is 0.0455. The Kier molecular flexibility index (Phi) is 5.60. The third kappa shape index (κ3) is 4.24. The van der Waals surface area contributed by atoms with Gasteiger partial charge in [0.1, 0.15) is 16.6 Å². The molecular formula is C22H18N4O2S2. The Morgan fingerprint density at radius 1 is 1.07 bits per heavy atom. The van der Waals surface area contributed by atoms with E-state index in [-0.39, 0.29) is 11.7 Å². The first kappa shape index (κ1) is 19.8. The summed E-state index contributed by atoms with van der Waals surface area (Å²) in [6.07, 6.45) is 0. The molecule has 2 aromatic carbocycles. The molecular weight excluding hydrogens is 416 g/mol.